The molecule has 0 spiro atoms. The van der Waals surface area contributed by atoms with Gasteiger partial charge in [0.2, 0.25) is 0 Å². The van der Waals surface area contributed by atoms with E-state index in [4.69, 9.17) is 6.42 Å². The zero-order valence-corrected chi connectivity index (χ0v) is 7.89. The van der Waals surface area contributed by atoms with E-state index in [1.165, 1.54) is 0 Å². The van der Waals surface area contributed by atoms with Crippen LogP contribution in [0.1, 0.15) is 33.1 Å². The van der Waals surface area contributed by atoms with Gasteiger partial charge < -0.3 is 5.32 Å². The number of rotatable bonds is 6. The monoisotopic (exact) mass is 167 g/mol. The number of hydrogen-bond acceptors (Lipinski definition) is 2. The van der Waals surface area contributed by atoms with Gasteiger partial charge >= 0.3 is 0 Å². The molecule has 1 N–H and O–H groups in total. The first-order chi connectivity index (χ1) is 5.70. The zero-order chi connectivity index (χ0) is 9.40. The molecule has 0 bridgehead atoms. The van der Waals surface area contributed by atoms with E-state index in [1.807, 2.05) is 0 Å². The molecule has 0 aliphatic heterocycles. The van der Waals surface area contributed by atoms with Crippen LogP contribution >= 0.6 is 0 Å². The smallest absolute Gasteiger partial charge is 0.147 e. The van der Waals surface area contributed by atoms with Gasteiger partial charge in [-0.05, 0) is 13.3 Å². The van der Waals surface area contributed by atoms with Gasteiger partial charge in [0.25, 0.3) is 0 Å². The normalized spacial score (nSPS) is 12.1. The van der Waals surface area contributed by atoms with Crippen molar-refractivity contribution in [1.29, 1.82) is 0 Å². The van der Waals surface area contributed by atoms with E-state index in [9.17, 15) is 4.79 Å². The lowest BCUT2D eigenvalue weighted by Gasteiger charge is -2.09. The summed E-state index contributed by atoms with van der Waals surface area (Å²) in [6.07, 6.45) is 7.14. The Bertz CT molecular complexity index is 169. The van der Waals surface area contributed by atoms with E-state index < -0.39 is 0 Å². The molecule has 1 atom stereocenters. The molecule has 0 heterocycles. The lowest BCUT2D eigenvalue weighted by molar-refractivity contribution is -0.118. The summed E-state index contributed by atoms with van der Waals surface area (Å²) in [5.74, 6) is 2.65. The SMILES string of the molecule is C#CCCC(=O)CNC(C)CC. The highest BCUT2D eigenvalue weighted by Crippen LogP contribution is 1.90. The number of terminal acetylenes is 1. The molecule has 0 amide bonds. The molecular weight excluding hydrogens is 150 g/mol. The van der Waals surface area contributed by atoms with Gasteiger partial charge in [-0.15, -0.1) is 12.3 Å². The van der Waals surface area contributed by atoms with Crippen molar-refractivity contribution in [3.05, 3.63) is 0 Å². The Morgan fingerprint density at radius 2 is 2.33 bits per heavy atom. The van der Waals surface area contributed by atoms with E-state index in [0.29, 0.717) is 25.4 Å². The van der Waals surface area contributed by atoms with Gasteiger partial charge in [-0.2, -0.15) is 0 Å². The highest BCUT2D eigenvalue weighted by Gasteiger charge is 2.02. The van der Waals surface area contributed by atoms with Crippen molar-refractivity contribution in [1.82, 2.24) is 5.32 Å². The second-order valence-electron chi connectivity index (χ2n) is 2.93. The topological polar surface area (TPSA) is 29.1 Å². The molecule has 0 aliphatic carbocycles. The van der Waals surface area contributed by atoms with Crippen molar-refractivity contribution in [2.24, 2.45) is 0 Å². The van der Waals surface area contributed by atoms with Crippen LogP contribution in [0, 0.1) is 12.3 Å². The summed E-state index contributed by atoms with van der Waals surface area (Å²) >= 11 is 0. The van der Waals surface area contributed by atoms with E-state index >= 15 is 0 Å². The minimum Gasteiger partial charge on any atom is -0.308 e. The fraction of sp³-hybridized carbons (Fsp3) is 0.700. The molecule has 0 fully saturated rings. The van der Waals surface area contributed by atoms with Crippen molar-refractivity contribution in [3.63, 3.8) is 0 Å². The van der Waals surface area contributed by atoms with Crippen molar-refractivity contribution in [3.8, 4) is 12.3 Å². The maximum Gasteiger partial charge on any atom is 0.147 e. The quantitative estimate of drug-likeness (QED) is 0.605. The molecule has 0 saturated carbocycles. The van der Waals surface area contributed by atoms with Crippen LogP contribution in [0.3, 0.4) is 0 Å². The first kappa shape index (κ1) is 11.2. The summed E-state index contributed by atoms with van der Waals surface area (Å²) in [5, 5.41) is 3.12. The van der Waals surface area contributed by atoms with Crippen LogP contribution in [0.5, 0.6) is 0 Å². The maximum atomic E-state index is 11.1. The van der Waals surface area contributed by atoms with Crippen LogP contribution in [-0.4, -0.2) is 18.4 Å². The molecule has 68 valence electrons. The van der Waals surface area contributed by atoms with E-state index in [0.717, 1.165) is 6.42 Å². The van der Waals surface area contributed by atoms with Gasteiger partial charge in [0.05, 0.1) is 6.54 Å². The molecule has 0 radical (unpaired) electrons. The Balaban J connectivity index is 3.38. The van der Waals surface area contributed by atoms with Crippen molar-refractivity contribution in [2.45, 2.75) is 39.2 Å². The van der Waals surface area contributed by atoms with E-state index in [-0.39, 0.29) is 5.78 Å². The molecule has 0 aromatic rings. The van der Waals surface area contributed by atoms with Crippen molar-refractivity contribution < 1.29 is 4.79 Å². The predicted octanol–water partition coefficient (Wildman–Crippen LogP) is 1.36. The Labute approximate surface area is 74.7 Å². The molecule has 2 heteroatoms. The fourth-order valence-electron chi connectivity index (χ4n) is 0.732. The third-order valence-corrected chi connectivity index (χ3v) is 1.81. The van der Waals surface area contributed by atoms with Crippen molar-refractivity contribution in [2.75, 3.05) is 6.54 Å². The highest BCUT2D eigenvalue weighted by molar-refractivity contribution is 5.80. The van der Waals surface area contributed by atoms with Crippen LogP contribution in [0.2, 0.25) is 0 Å². The lowest BCUT2D eigenvalue weighted by atomic mass is 10.2. The Hall–Kier alpha value is -0.810. The second-order valence-corrected chi connectivity index (χ2v) is 2.93. The first-order valence-electron chi connectivity index (χ1n) is 4.39. The summed E-state index contributed by atoms with van der Waals surface area (Å²) in [4.78, 5) is 11.1. The summed E-state index contributed by atoms with van der Waals surface area (Å²) in [5.41, 5.74) is 0. The zero-order valence-electron chi connectivity index (χ0n) is 7.89. The molecule has 2 nitrogen and oxygen atoms in total. The molecule has 0 aromatic heterocycles. The second kappa shape index (κ2) is 6.87. The Morgan fingerprint density at radius 3 is 2.83 bits per heavy atom. The lowest BCUT2D eigenvalue weighted by Crippen LogP contribution is -2.30. The van der Waals surface area contributed by atoms with Crippen LogP contribution in [0.4, 0.5) is 0 Å². The van der Waals surface area contributed by atoms with Gasteiger partial charge in [-0.25, -0.2) is 0 Å². The average Bonchev–Trinajstić information content (AvgIpc) is 2.10. The van der Waals surface area contributed by atoms with Crippen LogP contribution < -0.4 is 5.32 Å². The van der Waals surface area contributed by atoms with Gasteiger partial charge in [0.15, 0.2) is 0 Å². The maximum absolute atomic E-state index is 11.1. The molecule has 0 saturated heterocycles. The standard InChI is InChI=1S/C10H17NO/c1-4-6-7-10(12)8-11-9(3)5-2/h1,9,11H,5-8H2,2-3H3. The molecule has 0 aliphatic rings. The summed E-state index contributed by atoms with van der Waals surface area (Å²) < 4.78 is 0. The summed E-state index contributed by atoms with van der Waals surface area (Å²) in [7, 11) is 0. The summed E-state index contributed by atoms with van der Waals surface area (Å²) in [6.45, 7) is 4.61. The number of ketones is 1. The van der Waals surface area contributed by atoms with Gasteiger partial charge in [0, 0.05) is 18.9 Å². The molecule has 12 heavy (non-hydrogen) atoms. The largest absolute Gasteiger partial charge is 0.308 e. The van der Waals surface area contributed by atoms with E-state index in [2.05, 4.69) is 25.1 Å². The Kier molecular flexibility index (Phi) is 6.41. The minimum absolute atomic E-state index is 0.202. The van der Waals surface area contributed by atoms with Gasteiger partial charge in [-0.3, -0.25) is 4.79 Å². The number of carbonyl (C=O) groups is 1. The third kappa shape index (κ3) is 5.94. The average molecular weight is 167 g/mol. The molecule has 0 rings (SSSR count). The van der Waals surface area contributed by atoms with Gasteiger partial charge in [-0.1, -0.05) is 6.92 Å². The molecule has 1 unspecified atom stereocenters. The number of Topliss-reactive ketones (excluding diaryl/α,β-unsaturated/α-hetero) is 1. The van der Waals surface area contributed by atoms with Crippen LogP contribution in [-0.2, 0) is 4.79 Å². The van der Waals surface area contributed by atoms with Crippen molar-refractivity contribution >= 4 is 5.78 Å². The van der Waals surface area contributed by atoms with E-state index in [1.54, 1.807) is 0 Å². The molecule has 0 aromatic carbocycles. The Morgan fingerprint density at radius 1 is 1.67 bits per heavy atom. The fourth-order valence-corrected chi connectivity index (χ4v) is 0.732. The number of nitrogens with one attached hydrogen (secondary N) is 1. The number of carbonyl (C=O) groups excluding carboxylic acids is 1. The number of hydrogen-bond donors (Lipinski definition) is 1. The molecular formula is C10H17NO. The van der Waals surface area contributed by atoms with Crippen LogP contribution in [0.25, 0.3) is 0 Å². The third-order valence-electron chi connectivity index (χ3n) is 1.81. The summed E-state index contributed by atoms with van der Waals surface area (Å²) in [6, 6.07) is 0.416. The predicted molar refractivity (Wildman–Crippen MR) is 50.8 cm³/mol. The first-order valence-corrected chi connectivity index (χ1v) is 4.39. The van der Waals surface area contributed by atoms with Gasteiger partial charge in [0.1, 0.15) is 5.78 Å². The van der Waals surface area contributed by atoms with Crippen LogP contribution in [0.15, 0.2) is 0 Å². The highest BCUT2D eigenvalue weighted by atomic mass is 16.1. The minimum atomic E-state index is 0.202.